The van der Waals surface area contributed by atoms with Crippen molar-refractivity contribution < 1.29 is 31.7 Å². The molecular formula is C17H11F5N4O3S. The van der Waals surface area contributed by atoms with Gasteiger partial charge in [-0.15, -0.1) is 11.3 Å². The number of amides is 1. The number of nitrogens with one attached hydrogen (secondary N) is 1. The molecule has 3 aromatic rings. The van der Waals surface area contributed by atoms with Gasteiger partial charge in [0.15, 0.2) is 5.69 Å². The summed E-state index contributed by atoms with van der Waals surface area (Å²) in [6.45, 7) is 1.49. The molecule has 1 N–H and O–H groups in total. The van der Waals surface area contributed by atoms with E-state index in [9.17, 15) is 36.9 Å². The summed E-state index contributed by atoms with van der Waals surface area (Å²) in [5.41, 5.74) is -2.90. The lowest BCUT2D eigenvalue weighted by Gasteiger charge is -2.04. The molecule has 1 aromatic carbocycles. The number of hydrogen-bond donors (Lipinski definition) is 1. The number of carbonyl (C=O) groups excluding carboxylic acids is 1. The third kappa shape index (κ3) is 4.01. The molecule has 0 fully saturated rings. The third-order valence-corrected chi connectivity index (χ3v) is 5.00. The number of rotatable bonds is 5. The molecule has 30 heavy (non-hydrogen) atoms. The molecule has 7 nitrogen and oxygen atoms in total. The van der Waals surface area contributed by atoms with Crippen LogP contribution in [0.1, 0.15) is 23.0 Å². The van der Waals surface area contributed by atoms with E-state index in [1.54, 1.807) is 0 Å². The molecule has 0 saturated heterocycles. The van der Waals surface area contributed by atoms with Gasteiger partial charge in [-0.3, -0.25) is 19.6 Å². The van der Waals surface area contributed by atoms with Gasteiger partial charge in [-0.25, -0.2) is 8.78 Å². The minimum Gasteiger partial charge on any atom is -0.313 e. The van der Waals surface area contributed by atoms with Gasteiger partial charge in [-0.2, -0.15) is 18.3 Å². The van der Waals surface area contributed by atoms with Crippen LogP contribution in [-0.2, 0) is 12.7 Å². The van der Waals surface area contributed by atoms with Crippen molar-refractivity contribution in [2.24, 2.45) is 0 Å². The predicted molar refractivity (Wildman–Crippen MR) is 97.2 cm³/mol. The first-order valence-electron chi connectivity index (χ1n) is 8.22. The molecule has 158 valence electrons. The Kier molecular flexibility index (Phi) is 5.57. The van der Waals surface area contributed by atoms with Crippen LogP contribution in [-0.4, -0.2) is 20.6 Å². The van der Waals surface area contributed by atoms with E-state index < -0.39 is 45.6 Å². The average molecular weight is 446 g/mol. The van der Waals surface area contributed by atoms with Crippen molar-refractivity contribution in [1.82, 2.24) is 9.78 Å². The first kappa shape index (κ1) is 21.4. The normalized spacial score (nSPS) is 11.5. The van der Waals surface area contributed by atoms with Crippen molar-refractivity contribution >= 4 is 27.9 Å². The Hall–Kier alpha value is -3.35. The summed E-state index contributed by atoms with van der Waals surface area (Å²) in [5, 5.41) is 16.8. The van der Waals surface area contributed by atoms with E-state index in [0.29, 0.717) is 17.4 Å². The highest BCUT2D eigenvalue weighted by atomic mass is 32.1. The maximum Gasteiger partial charge on any atom is 0.435 e. The Bertz CT molecular complexity index is 1120. The first-order valence-corrected chi connectivity index (χ1v) is 9.03. The second kappa shape index (κ2) is 7.82. The fraction of sp³-hybridized carbons (Fsp3) is 0.176. The van der Waals surface area contributed by atoms with E-state index in [1.807, 2.05) is 0 Å². The minimum absolute atomic E-state index is 0.0113. The van der Waals surface area contributed by atoms with Crippen molar-refractivity contribution in [1.29, 1.82) is 0 Å². The van der Waals surface area contributed by atoms with E-state index in [0.717, 1.165) is 28.9 Å². The van der Waals surface area contributed by atoms with E-state index in [1.165, 1.54) is 6.92 Å². The summed E-state index contributed by atoms with van der Waals surface area (Å²) in [6.07, 6.45) is -4.76. The van der Waals surface area contributed by atoms with Gasteiger partial charge in [0.2, 0.25) is 0 Å². The van der Waals surface area contributed by atoms with Crippen LogP contribution in [0.5, 0.6) is 0 Å². The number of hydrogen-bond acceptors (Lipinski definition) is 5. The Morgan fingerprint density at radius 1 is 1.27 bits per heavy atom. The number of benzene rings is 1. The highest BCUT2D eigenvalue weighted by Crippen LogP contribution is 2.42. The molecule has 0 radical (unpaired) electrons. The quantitative estimate of drug-likeness (QED) is 0.336. The summed E-state index contributed by atoms with van der Waals surface area (Å²) < 4.78 is 67.5. The van der Waals surface area contributed by atoms with Crippen molar-refractivity contribution in [3.05, 3.63) is 63.3 Å². The van der Waals surface area contributed by atoms with Gasteiger partial charge in [0.1, 0.15) is 27.1 Å². The Morgan fingerprint density at radius 3 is 2.43 bits per heavy atom. The van der Waals surface area contributed by atoms with Crippen molar-refractivity contribution in [2.45, 2.75) is 19.6 Å². The molecule has 0 aliphatic heterocycles. The van der Waals surface area contributed by atoms with Crippen molar-refractivity contribution in [2.75, 3.05) is 5.32 Å². The molecule has 2 heterocycles. The van der Waals surface area contributed by atoms with Crippen LogP contribution in [0.2, 0.25) is 0 Å². The lowest BCUT2D eigenvalue weighted by atomic mass is 10.2. The smallest absolute Gasteiger partial charge is 0.313 e. The zero-order chi connectivity index (χ0) is 22.2. The van der Waals surface area contributed by atoms with Gasteiger partial charge in [-0.05, 0) is 25.1 Å². The summed E-state index contributed by atoms with van der Waals surface area (Å²) in [4.78, 5) is 22.6. The van der Waals surface area contributed by atoms with Gasteiger partial charge < -0.3 is 5.32 Å². The second-order valence-electron chi connectivity index (χ2n) is 5.86. The van der Waals surface area contributed by atoms with E-state index in [2.05, 4.69) is 10.4 Å². The Balaban J connectivity index is 2.04. The zero-order valence-electron chi connectivity index (χ0n) is 15.0. The van der Waals surface area contributed by atoms with Crippen LogP contribution in [0.25, 0.3) is 10.6 Å². The van der Waals surface area contributed by atoms with Gasteiger partial charge in [0.05, 0.1) is 16.7 Å². The van der Waals surface area contributed by atoms with Crippen LogP contribution in [0.4, 0.5) is 32.6 Å². The number of alkyl halides is 3. The number of nitro groups is 1. The summed E-state index contributed by atoms with van der Waals surface area (Å²) in [6, 6.07) is 4.33. The molecule has 2 aromatic heterocycles. The largest absolute Gasteiger partial charge is 0.435 e. The van der Waals surface area contributed by atoms with Gasteiger partial charge >= 0.3 is 6.18 Å². The van der Waals surface area contributed by atoms with Crippen LogP contribution in [0.3, 0.4) is 0 Å². The summed E-state index contributed by atoms with van der Waals surface area (Å²) in [7, 11) is 0. The number of carbonyl (C=O) groups is 1. The molecule has 1 amide bonds. The number of thiophene rings is 1. The molecule has 0 bridgehead atoms. The predicted octanol–water partition coefficient (Wildman–Crippen LogP) is 5.09. The van der Waals surface area contributed by atoms with Crippen molar-refractivity contribution in [3.8, 4) is 10.6 Å². The third-order valence-electron chi connectivity index (χ3n) is 3.94. The zero-order valence-corrected chi connectivity index (χ0v) is 15.8. The molecule has 0 aliphatic rings. The van der Waals surface area contributed by atoms with Crippen molar-refractivity contribution in [3.63, 3.8) is 0 Å². The second-order valence-corrected chi connectivity index (χ2v) is 6.91. The number of aryl methyl sites for hydroxylation is 1. The number of halogens is 5. The molecule has 0 aliphatic carbocycles. The van der Waals surface area contributed by atoms with Gasteiger partial charge in [-0.1, -0.05) is 6.07 Å². The fourth-order valence-electron chi connectivity index (χ4n) is 2.63. The Morgan fingerprint density at radius 2 is 1.90 bits per heavy atom. The van der Waals surface area contributed by atoms with Gasteiger partial charge in [0.25, 0.3) is 11.6 Å². The Labute approximate surface area is 168 Å². The monoisotopic (exact) mass is 446 g/mol. The molecule has 0 atom stereocenters. The molecule has 3 rings (SSSR count). The highest BCUT2D eigenvalue weighted by molar-refractivity contribution is 7.20. The lowest BCUT2D eigenvalue weighted by Crippen LogP contribution is -2.15. The highest BCUT2D eigenvalue weighted by Gasteiger charge is 2.36. The first-order chi connectivity index (χ1) is 14.0. The summed E-state index contributed by atoms with van der Waals surface area (Å²) >= 11 is 0.582. The average Bonchev–Trinajstić information content (AvgIpc) is 3.25. The minimum atomic E-state index is -4.76. The number of aromatic nitrogens is 2. The van der Waals surface area contributed by atoms with E-state index in [-0.39, 0.29) is 22.1 Å². The summed E-state index contributed by atoms with van der Waals surface area (Å²) in [5.74, 6) is -3.48. The standard InChI is InChI=1S/C17H11F5N4O3S/c1-2-25-10(6-12(24-25)17(20,21)22)15-11(26(28)29)7-13(30-15)23-16(27)14-8(18)4-3-5-9(14)19/h3-7H,2H2,1H3,(H,23,27). The van der Waals surface area contributed by atoms with E-state index >= 15 is 0 Å². The van der Waals surface area contributed by atoms with Gasteiger partial charge in [0, 0.05) is 6.54 Å². The molecule has 13 heteroatoms. The SMILES string of the molecule is CCn1nc(C(F)(F)F)cc1-c1sc(NC(=O)c2c(F)cccc2F)cc1[N+](=O)[O-]. The van der Waals surface area contributed by atoms with Crippen LogP contribution in [0, 0.1) is 21.7 Å². The maximum atomic E-state index is 13.8. The topological polar surface area (TPSA) is 90.1 Å². The van der Waals surface area contributed by atoms with Crippen LogP contribution in [0.15, 0.2) is 30.3 Å². The van der Waals surface area contributed by atoms with Crippen LogP contribution >= 0.6 is 11.3 Å². The molecule has 0 unspecified atom stereocenters. The number of nitrogens with zero attached hydrogens (tertiary/aromatic N) is 3. The fourth-order valence-corrected chi connectivity index (χ4v) is 3.67. The number of anilines is 1. The molecule has 0 saturated carbocycles. The lowest BCUT2D eigenvalue weighted by molar-refractivity contribution is -0.383. The maximum absolute atomic E-state index is 13.8. The molecule has 0 spiro atoms. The van der Waals surface area contributed by atoms with Crippen LogP contribution < -0.4 is 5.32 Å². The molecular weight excluding hydrogens is 435 g/mol. The van der Waals surface area contributed by atoms with E-state index in [4.69, 9.17) is 0 Å².